The first-order valence-corrected chi connectivity index (χ1v) is 10.8. The van der Waals surface area contributed by atoms with Crippen molar-refractivity contribution in [3.63, 3.8) is 0 Å². The monoisotopic (exact) mass is 453 g/mol. The van der Waals surface area contributed by atoms with Crippen LogP contribution in [0.5, 0.6) is 0 Å². The van der Waals surface area contributed by atoms with Gasteiger partial charge in [-0.05, 0) is 41.3 Å². The van der Waals surface area contributed by atoms with Crippen LogP contribution in [0.3, 0.4) is 0 Å². The fourth-order valence-corrected chi connectivity index (χ4v) is 4.91. The summed E-state index contributed by atoms with van der Waals surface area (Å²) in [5.74, 6) is -5.74. The second-order valence-corrected chi connectivity index (χ2v) is 8.99. The summed E-state index contributed by atoms with van der Waals surface area (Å²) in [6, 6.07) is 7.57. The number of carbonyl (C=O) groups excluding carboxylic acids is 2. The molecular formula is C25H22F3N3O2. The van der Waals surface area contributed by atoms with Crippen molar-refractivity contribution in [1.82, 2.24) is 9.47 Å². The second-order valence-electron chi connectivity index (χ2n) is 8.99. The first kappa shape index (κ1) is 21.3. The average Bonchev–Trinajstić information content (AvgIpc) is 3.21. The maximum atomic E-state index is 14.3. The lowest BCUT2D eigenvalue weighted by Crippen LogP contribution is -2.33. The number of rotatable bonds is 3. The van der Waals surface area contributed by atoms with Gasteiger partial charge in [-0.15, -0.1) is 0 Å². The lowest BCUT2D eigenvalue weighted by molar-refractivity contribution is -0.139. The molecule has 2 amide bonds. The van der Waals surface area contributed by atoms with Gasteiger partial charge in [-0.1, -0.05) is 19.9 Å². The van der Waals surface area contributed by atoms with E-state index in [9.17, 15) is 22.8 Å². The third-order valence-electron chi connectivity index (χ3n) is 6.22. The van der Waals surface area contributed by atoms with Crippen molar-refractivity contribution in [1.29, 1.82) is 0 Å². The molecule has 0 saturated heterocycles. The van der Waals surface area contributed by atoms with Gasteiger partial charge < -0.3 is 9.88 Å². The Morgan fingerprint density at radius 2 is 1.88 bits per heavy atom. The molecule has 8 heteroatoms. The third kappa shape index (κ3) is 3.23. The number of nitrogens with one attached hydrogen (secondary N) is 1. The highest BCUT2D eigenvalue weighted by Gasteiger charge is 2.42. The minimum atomic E-state index is -1.56. The predicted octanol–water partition coefficient (Wildman–Crippen LogP) is 4.91. The van der Waals surface area contributed by atoms with E-state index in [1.807, 2.05) is 24.4 Å². The molecule has 0 spiro atoms. The zero-order chi connectivity index (χ0) is 23.6. The standard InChI is InChI=1S/C25H22F3N3O2/c1-12(2)9-30-10-15-21(14-7-16(26)24(28)17(27)8-14)23-19(11-31(13(3)32)25(23)33)29-18-5-4-6-20(30)22(15)18/h4-8,10,12,21,29H,9,11H2,1-3H3. The molecule has 1 aromatic heterocycles. The molecule has 5 rings (SSSR count). The Balaban J connectivity index is 1.82. The molecule has 0 bridgehead atoms. The van der Waals surface area contributed by atoms with E-state index >= 15 is 0 Å². The Morgan fingerprint density at radius 3 is 2.52 bits per heavy atom. The van der Waals surface area contributed by atoms with Crippen molar-refractivity contribution < 1.29 is 22.8 Å². The Morgan fingerprint density at radius 1 is 1.18 bits per heavy atom. The molecule has 3 aromatic rings. The molecule has 0 saturated carbocycles. The van der Waals surface area contributed by atoms with Gasteiger partial charge in [-0.25, -0.2) is 13.2 Å². The van der Waals surface area contributed by atoms with Gasteiger partial charge in [-0.2, -0.15) is 0 Å². The normalized spacial score (nSPS) is 17.6. The molecule has 0 aliphatic carbocycles. The van der Waals surface area contributed by atoms with Crippen molar-refractivity contribution in [2.24, 2.45) is 5.92 Å². The quantitative estimate of drug-likeness (QED) is 0.573. The Hall–Kier alpha value is -3.55. The highest BCUT2D eigenvalue weighted by Crippen LogP contribution is 2.46. The second kappa shape index (κ2) is 7.50. The molecule has 170 valence electrons. The van der Waals surface area contributed by atoms with E-state index in [4.69, 9.17) is 0 Å². The highest BCUT2D eigenvalue weighted by atomic mass is 19.2. The van der Waals surface area contributed by atoms with Crippen LogP contribution in [0.15, 0.2) is 47.8 Å². The van der Waals surface area contributed by atoms with E-state index in [0.717, 1.165) is 33.6 Å². The average molecular weight is 453 g/mol. The minimum Gasteiger partial charge on any atom is -0.356 e. The molecule has 1 atom stereocenters. The van der Waals surface area contributed by atoms with E-state index in [-0.39, 0.29) is 17.7 Å². The first-order chi connectivity index (χ1) is 15.7. The molecule has 0 fully saturated rings. The molecule has 2 aliphatic heterocycles. The highest BCUT2D eigenvalue weighted by molar-refractivity contribution is 6.11. The minimum absolute atomic E-state index is 0.0266. The molecule has 3 heterocycles. The van der Waals surface area contributed by atoms with Crippen LogP contribution in [0.1, 0.15) is 37.8 Å². The summed E-state index contributed by atoms with van der Waals surface area (Å²) in [6.45, 7) is 6.17. The Bertz CT molecular complexity index is 1350. The number of anilines is 1. The van der Waals surface area contributed by atoms with Crippen molar-refractivity contribution in [2.75, 3.05) is 11.9 Å². The zero-order valence-corrected chi connectivity index (χ0v) is 18.4. The number of imide groups is 1. The van der Waals surface area contributed by atoms with Gasteiger partial charge in [0.05, 0.1) is 17.6 Å². The molecular weight excluding hydrogens is 431 g/mol. The summed E-state index contributed by atoms with van der Waals surface area (Å²) in [5.41, 5.74) is 3.15. The lowest BCUT2D eigenvalue weighted by Gasteiger charge is -2.20. The van der Waals surface area contributed by atoms with Gasteiger partial charge in [0, 0.05) is 42.4 Å². The van der Waals surface area contributed by atoms with Gasteiger partial charge in [0.2, 0.25) is 5.91 Å². The topological polar surface area (TPSA) is 54.3 Å². The fourth-order valence-electron chi connectivity index (χ4n) is 4.91. The molecule has 2 aliphatic rings. The summed E-state index contributed by atoms with van der Waals surface area (Å²) in [4.78, 5) is 26.6. The van der Waals surface area contributed by atoms with E-state index in [1.54, 1.807) is 0 Å². The summed E-state index contributed by atoms with van der Waals surface area (Å²) < 4.78 is 44.5. The Kier molecular flexibility index (Phi) is 4.84. The molecule has 1 N–H and O–H groups in total. The van der Waals surface area contributed by atoms with E-state index in [1.165, 1.54) is 6.92 Å². The summed E-state index contributed by atoms with van der Waals surface area (Å²) in [5, 5.41) is 4.12. The summed E-state index contributed by atoms with van der Waals surface area (Å²) in [7, 11) is 0. The number of halogens is 3. The van der Waals surface area contributed by atoms with Crippen molar-refractivity contribution >= 4 is 28.4 Å². The molecule has 2 aromatic carbocycles. The van der Waals surface area contributed by atoms with Crippen LogP contribution in [0.2, 0.25) is 0 Å². The van der Waals surface area contributed by atoms with E-state index in [2.05, 4.69) is 23.7 Å². The van der Waals surface area contributed by atoms with Gasteiger partial charge in [-0.3, -0.25) is 14.5 Å². The predicted molar refractivity (Wildman–Crippen MR) is 118 cm³/mol. The maximum absolute atomic E-state index is 14.3. The van der Waals surface area contributed by atoms with Gasteiger partial charge in [0.1, 0.15) is 0 Å². The van der Waals surface area contributed by atoms with Crippen LogP contribution in [0.25, 0.3) is 10.9 Å². The van der Waals surface area contributed by atoms with Crippen LogP contribution in [0.4, 0.5) is 18.9 Å². The van der Waals surface area contributed by atoms with Crippen LogP contribution < -0.4 is 5.32 Å². The van der Waals surface area contributed by atoms with E-state index < -0.39 is 35.2 Å². The molecule has 0 radical (unpaired) electrons. The number of amides is 2. The number of carbonyl (C=O) groups is 2. The third-order valence-corrected chi connectivity index (χ3v) is 6.22. The number of nitrogens with zero attached hydrogens (tertiary/aromatic N) is 2. The summed E-state index contributed by atoms with van der Waals surface area (Å²) in [6.07, 6.45) is 1.89. The van der Waals surface area contributed by atoms with Gasteiger partial charge in [0.25, 0.3) is 5.91 Å². The Labute approximate surface area is 188 Å². The smallest absolute Gasteiger partial charge is 0.259 e. The largest absolute Gasteiger partial charge is 0.356 e. The van der Waals surface area contributed by atoms with Crippen LogP contribution in [0, 0.1) is 23.4 Å². The van der Waals surface area contributed by atoms with Gasteiger partial charge >= 0.3 is 0 Å². The number of hydrogen-bond donors (Lipinski definition) is 1. The van der Waals surface area contributed by atoms with Gasteiger partial charge in [0.15, 0.2) is 17.5 Å². The van der Waals surface area contributed by atoms with E-state index in [0.29, 0.717) is 23.7 Å². The maximum Gasteiger partial charge on any atom is 0.259 e. The first-order valence-electron chi connectivity index (χ1n) is 10.8. The molecule has 33 heavy (non-hydrogen) atoms. The number of aromatic nitrogens is 1. The van der Waals surface area contributed by atoms with Crippen molar-refractivity contribution in [3.05, 3.63) is 76.4 Å². The molecule has 5 nitrogen and oxygen atoms in total. The molecule has 1 unspecified atom stereocenters. The van der Waals surface area contributed by atoms with Crippen LogP contribution in [-0.2, 0) is 16.1 Å². The SMILES string of the molecule is CC(=O)N1CC2=C(C1=O)C(c1cc(F)c(F)c(F)c1)c1cn(CC(C)C)c3cccc(c13)N2. The van der Waals surface area contributed by atoms with Crippen molar-refractivity contribution in [3.8, 4) is 0 Å². The van der Waals surface area contributed by atoms with Crippen LogP contribution >= 0.6 is 0 Å². The number of benzene rings is 2. The zero-order valence-electron chi connectivity index (χ0n) is 18.4. The number of hydrogen-bond acceptors (Lipinski definition) is 3. The van der Waals surface area contributed by atoms with Crippen LogP contribution in [-0.4, -0.2) is 27.8 Å². The lowest BCUT2D eigenvalue weighted by atomic mass is 9.84. The van der Waals surface area contributed by atoms with Crippen molar-refractivity contribution in [2.45, 2.75) is 33.2 Å². The summed E-state index contributed by atoms with van der Waals surface area (Å²) >= 11 is 0. The fraction of sp³-hybridized carbons (Fsp3) is 0.280.